The van der Waals surface area contributed by atoms with E-state index < -0.39 is 45.3 Å². The van der Waals surface area contributed by atoms with Crippen molar-refractivity contribution < 1.29 is 23.1 Å². The highest BCUT2D eigenvalue weighted by Gasteiger charge is 2.21. The molecule has 104 valence electrons. The summed E-state index contributed by atoms with van der Waals surface area (Å²) in [5.41, 5.74) is -2.24. The first-order valence-corrected chi connectivity index (χ1v) is 5.43. The zero-order valence-corrected chi connectivity index (χ0v) is 9.99. The van der Waals surface area contributed by atoms with E-state index >= 15 is 0 Å². The van der Waals surface area contributed by atoms with Crippen molar-refractivity contribution in [2.75, 3.05) is 0 Å². The minimum Gasteiger partial charge on any atom is -0.477 e. The molecule has 0 fully saturated rings. The normalized spacial score (nSPS) is 10.8. The molecule has 0 saturated heterocycles. The molecule has 0 aliphatic carbocycles. The molecule has 0 aliphatic rings. The van der Waals surface area contributed by atoms with E-state index in [-0.39, 0.29) is 6.54 Å². The number of aromatic carboxylic acids is 1. The van der Waals surface area contributed by atoms with Gasteiger partial charge in [-0.15, -0.1) is 6.58 Å². The molecule has 0 amide bonds. The van der Waals surface area contributed by atoms with Crippen LogP contribution in [-0.2, 0) is 6.54 Å². The number of pyridine rings is 1. The summed E-state index contributed by atoms with van der Waals surface area (Å²) in [6.45, 7) is 3.32. The van der Waals surface area contributed by atoms with Crippen LogP contribution in [0.15, 0.2) is 29.7 Å². The summed E-state index contributed by atoms with van der Waals surface area (Å²) in [4.78, 5) is 22.8. The molecule has 1 heterocycles. The average Bonchev–Trinajstić information content (AvgIpc) is 2.39. The Balaban J connectivity index is 3.06. The number of carboxylic acids is 1. The zero-order chi connectivity index (χ0) is 15.0. The summed E-state index contributed by atoms with van der Waals surface area (Å²) in [6, 6.07) is 0.488. The van der Waals surface area contributed by atoms with E-state index in [2.05, 4.69) is 6.58 Å². The van der Waals surface area contributed by atoms with Gasteiger partial charge in [0.1, 0.15) is 5.56 Å². The molecule has 0 saturated carbocycles. The van der Waals surface area contributed by atoms with E-state index in [1.54, 1.807) is 0 Å². The Morgan fingerprint density at radius 2 is 2.00 bits per heavy atom. The van der Waals surface area contributed by atoms with Crippen molar-refractivity contribution in [3.8, 4) is 0 Å². The van der Waals surface area contributed by atoms with Crippen molar-refractivity contribution in [1.29, 1.82) is 0 Å². The quantitative estimate of drug-likeness (QED) is 0.694. The molecule has 1 aromatic carbocycles. The third-order valence-corrected chi connectivity index (χ3v) is 2.75. The second-order valence-corrected chi connectivity index (χ2v) is 4.00. The SMILES string of the molecule is C=CCn1cc(C(=O)O)c(=O)c2cc(F)c(F)c(F)c21. The van der Waals surface area contributed by atoms with Gasteiger partial charge < -0.3 is 9.67 Å². The van der Waals surface area contributed by atoms with Crippen LogP contribution in [0.5, 0.6) is 0 Å². The Morgan fingerprint density at radius 1 is 1.35 bits per heavy atom. The highest BCUT2D eigenvalue weighted by Crippen LogP contribution is 2.21. The highest BCUT2D eigenvalue weighted by molar-refractivity contribution is 5.92. The number of aromatic nitrogens is 1. The standard InChI is InChI=1S/C13H8F3NO3/c1-2-3-17-5-7(13(19)20)12(18)6-4-8(14)9(15)10(16)11(6)17/h2,4-5H,1,3H2,(H,19,20). The lowest BCUT2D eigenvalue weighted by Crippen LogP contribution is -2.20. The van der Waals surface area contributed by atoms with E-state index in [9.17, 15) is 22.8 Å². The number of hydrogen-bond acceptors (Lipinski definition) is 2. The highest BCUT2D eigenvalue weighted by atomic mass is 19.2. The molecule has 0 atom stereocenters. The predicted molar refractivity (Wildman–Crippen MR) is 65.2 cm³/mol. The van der Waals surface area contributed by atoms with Crippen molar-refractivity contribution in [3.63, 3.8) is 0 Å². The van der Waals surface area contributed by atoms with Crippen LogP contribution in [0.1, 0.15) is 10.4 Å². The van der Waals surface area contributed by atoms with Crippen LogP contribution in [0.4, 0.5) is 13.2 Å². The number of rotatable bonds is 3. The lowest BCUT2D eigenvalue weighted by molar-refractivity contribution is 0.0695. The van der Waals surface area contributed by atoms with E-state index in [0.29, 0.717) is 6.07 Å². The minimum absolute atomic E-state index is 0.0704. The van der Waals surface area contributed by atoms with Crippen LogP contribution in [0.25, 0.3) is 10.9 Å². The molecular weight excluding hydrogens is 275 g/mol. The number of fused-ring (bicyclic) bond motifs is 1. The Kier molecular flexibility index (Phi) is 3.35. The minimum atomic E-state index is -1.72. The van der Waals surface area contributed by atoms with Gasteiger partial charge in [0.05, 0.1) is 10.9 Å². The number of allylic oxidation sites excluding steroid dienone is 1. The molecule has 0 aliphatic heterocycles. The van der Waals surface area contributed by atoms with Gasteiger partial charge in [-0.2, -0.15) is 0 Å². The molecule has 2 rings (SSSR count). The third-order valence-electron chi connectivity index (χ3n) is 2.75. The third kappa shape index (κ3) is 1.97. The van der Waals surface area contributed by atoms with Crippen LogP contribution in [0.3, 0.4) is 0 Å². The predicted octanol–water partition coefficient (Wildman–Crippen LogP) is 2.30. The van der Waals surface area contributed by atoms with Gasteiger partial charge in [-0.1, -0.05) is 6.08 Å². The zero-order valence-electron chi connectivity index (χ0n) is 9.99. The summed E-state index contributed by atoms with van der Waals surface area (Å²) >= 11 is 0. The Labute approximate surface area is 110 Å². The molecule has 7 heteroatoms. The fourth-order valence-corrected chi connectivity index (χ4v) is 1.90. The molecule has 1 N–H and O–H groups in total. The van der Waals surface area contributed by atoms with E-state index in [0.717, 1.165) is 10.8 Å². The fraction of sp³-hybridized carbons (Fsp3) is 0.0769. The molecule has 4 nitrogen and oxygen atoms in total. The summed E-state index contributed by atoms with van der Waals surface area (Å²) < 4.78 is 41.3. The van der Waals surface area contributed by atoms with E-state index in [1.165, 1.54) is 6.08 Å². The lowest BCUT2D eigenvalue weighted by Gasteiger charge is -2.11. The molecular formula is C13H8F3NO3. The molecule has 0 spiro atoms. The maximum atomic E-state index is 13.8. The fourth-order valence-electron chi connectivity index (χ4n) is 1.90. The molecule has 1 aromatic heterocycles. The van der Waals surface area contributed by atoms with Gasteiger partial charge in [-0.25, -0.2) is 18.0 Å². The number of hydrogen-bond donors (Lipinski definition) is 1. The molecule has 0 bridgehead atoms. The first kappa shape index (κ1) is 13.9. The van der Waals surface area contributed by atoms with Gasteiger partial charge in [0.25, 0.3) is 0 Å². The van der Waals surface area contributed by atoms with Gasteiger partial charge in [-0.3, -0.25) is 4.79 Å². The summed E-state index contributed by atoms with van der Waals surface area (Å²) in [5, 5.41) is 8.37. The van der Waals surface area contributed by atoms with Gasteiger partial charge in [0.2, 0.25) is 5.43 Å². The van der Waals surface area contributed by atoms with Crippen LogP contribution in [0.2, 0.25) is 0 Å². The van der Waals surface area contributed by atoms with Crippen LogP contribution < -0.4 is 5.43 Å². The maximum Gasteiger partial charge on any atom is 0.341 e. The molecule has 2 aromatic rings. The second kappa shape index (κ2) is 4.84. The average molecular weight is 283 g/mol. The monoisotopic (exact) mass is 283 g/mol. The number of benzene rings is 1. The van der Waals surface area contributed by atoms with Crippen LogP contribution in [-0.4, -0.2) is 15.6 Å². The van der Waals surface area contributed by atoms with E-state index in [1.807, 2.05) is 0 Å². The van der Waals surface area contributed by atoms with Crippen molar-refractivity contribution in [3.05, 3.63) is 58.2 Å². The van der Waals surface area contributed by atoms with Gasteiger partial charge in [0.15, 0.2) is 17.5 Å². The number of carboxylic acid groups (broad SMARTS) is 1. The Hall–Kier alpha value is -2.57. The van der Waals surface area contributed by atoms with Crippen molar-refractivity contribution >= 4 is 16.9 Å². The molecule has 0 radical (unpaired) electrons. The van der Waals surface area contributed by atoms with Gasteiger partial charge >= 0.3 is 5.97 Å². The second-order valence-electron chi connectivity index (χ2n) is 4.00. The smallest absolute Gasteiger partial charge is 0.341 e. The van der Waals surface area contributed by atoms with Crippen molar-refractivity contribution in [2.45, 2.75) is 6.54 Å². The summed E-state index contributed by atoms with van der Waals surface area (Å²) in [6.07, 6.45) is 2.17. The Morgan fingerprint density at radius 3 is 2.55 bits per heavy atom. The largest absolute Gasteiger partial charge is 0.477 e. The first-order chi connectivity index (χ1) is 9.38. The van der Waals surface area contributed by atoms with Gasteiger partial charge in [0, 0.05) is 12.7 Å². The summed E-state index contributed by atoms with van der Waals surface area (Å²) in [7, 11) is 0. The topological polar surface area (TPSA) is 59.3 Å². The van der Waals surface area contributed by atoms with Crippen LogP contribution >= 0.6 is 0 Å². The number of halogens is 3. The summed E-state index contributed by atoms with van der Waals surface area (Å²) in [5.74, 6) is -6.37. The van der Waals surface area contributed by atoms with Gasteiger partial charge in [-0.05, 0) is 6.07 Å². The van der Waals surface area contributed by atoms with E-state index in [4.69, 9.17) is 5.11 Å². The molecule has 20 heavy (non-hydrogen) atoms. The van der Waals surface area contributed by atoms with Crippen LogP contribution in [0, 0.1) is 17.5 Å². The Bertz CT molecular complexity index is 796. The first-order valence-electron chi connectivity index (χ1n) is 5.43. The lowest BCUT2D eigenvalue weighted by atomic mass is 10.1. The number of carbonyl (C=O) groups is 1. The van der Waals surface area contributed by atoms with Crippen molar-refractivity contribution in [1.82, 2.24) is 4.57 Å². The molecule has 0 unspecified atom stereocenters. The van der Waals surface area contributed by atoms with Crippen molar-refractivity contribution in [2.24, 2.45) is 0 Å². The maximum absolute atomic E-state index is 13.8. The number of nitrogens with zero attached hydrogens (tertiary/aromatic N) is 1.